The lowest BCUT2D eigenvalue weighted by molar-refractivity contribution is 0.199. The van der Waals surface area contributed by atoms with Crippen LogP contribution in [-0.4, -0.2) is 26.9 Å². The van der Waals surface area contributed by atoms with Crippen LogP contribution in [0.25, 0.3) is 0 Å². The summed E-state index contributed by atoms with van der Waals surface area (Å²) in [6.07, 6.45) is 2.58. The van der Waals surface area contributed by atoms with Crippen LogP contribution in [0.2, 0.25) is 5.02 Å². The summed E-state index contributed by atoms with van der Waals surface area (Å²) in [7, 11) is 1.70. The van der Waals surface area contributed by atoms with Crippen LogP contribution in [0.4, 0.5) is 0 Å². The summed E-state index contributed by atoms with van der Waals surface area (Å²) in [4.78, 5) is 0. The van der Waals surface area contributed by atoms with Crippen molar-refractivity contribution in [1.29, 1.82) is 0 Å². The summed E-state index contributed by atoms with van der Waals surface area (Å²) in [5, 5.41) is 3.98. The molecule has 18 heavy (non-hydrogen) atoms. The first-order valence-corrected chi connectivity index (χ1v) is 6.78. The second-order valence-corrected chi connectivity index (χ2v) is 5.10. The van der Waals surface area contributed by atoms with Gasteiger partial charge in [0, 0.05) is 20.2 Å². The van der Waals surface area contributed by atoms with E-state index >= 15 is 0 Å². The van der Waals surface area contributed by atoms with Gasteiger partial charge in [-0.25, -0.2) is 0 Å². The number of nitrogens with one attached hydrogen (secondary N) is 1. The minimum atomic E-state index is 0.696. The van der Waals surface area contributed by atoms with E-state index in [0.29, 0.717) is 5.02 Å². The molecule has 1 aromatic carbocycles. The molecule has 0 bridgehead atoms. The van der Waals surface area contributed by atoms with Crippen LogP contribution in [0.5, 0.6) is 5.75 Å². The van der Waals surface area contributed by atoms with Gasteiger partial charge in [-0.1, -0.05) is 17.7 Å². The second-order valence-electron chi connectivity index (χ2n) is 4.69. The topological polar surface area (TPSA) is 30.5 Å². The Kier molecular flexibility index (Phi) is 5.29. The molecule has 1 N–H and O–H groups in total. The molecule has 0 spiro atoms. The normalized spacial score (nSPS) is 14.8. The molecule has 0 aromatic heterocycles. The molecule has 3 nitrogen and oxygen atoms in total. The number of ether oxygens (including phenoxy) is 2. The van der Waals surface area contributed by atoms with Gasteiger partial charge in [0.05, 0.1) is 18.2 Å². The highest BCUT2D eigenvalue weighted by molar-refractivity contribution is 6.32. The van der Waals surface area contributed by atoms with E-state index in [1.165, 1.54) is 12.8 Å². The molecule has 0 unspecified atom stereocenters. The fraction of sp³-hybridized carbons (Fsp3) is 0.571. The minimum Gasteiger partial charge on any atom is -0.492 e. The Morgan fingerprint density at radius 3 is 2.89 bits per heavy atom. The molecule has 1 saturated carbocycles. The predicted octanol–water partition coefficient (Wildman–Crippen LogP) is 2.86. The van der Waals surface area contributed by atoms with E-state index < -0.39 is 0 Å². The van der Waals surface area contributed by atoms with Crippen molar-refractivity contribution in [2.24, 2.45) is 5.92 Å². The van der Waals surface area contributed by atoms with Crippen molar-refractivity contribution in [2.45, 2.75) is 19.4 Å². The fourth-order valence-corrected chi connectivity index (χ4v) is 1.93. The average molecular weight is 270 g/mol. The largest absolute Gasteiger partial charge is 0.492 e. The number of hydrogen-bond acceptors (Lipinski definition) is 3. The zero-order valence-corrected chi connectivity index (χ0v) is 11.5. The van der Waals surface area contributed by atoms with Crippen molar-refractivity contribution < 1.29 is 9.47 Å². The third kappa shape index (κ3) is 4.48. The molecule has 1 fully saturated rings. The Hall–Kier alpha value is -0.770. The maximum Gasteiger partial charge on any atom is 0.137 e. The Labute approximate surface area is 113 Å². The van der Waals surface area contributed by atoms with Crippen molar-refractivity contribution in [3.63, 3.8) is 0 Å². The van der Waals surface area contributed by atoms with E-state index in [2.05, 4.69) is 5.32 Å². The third-order valence-electron chi connectivity index (χ3n) is 2.98. The molecule has 1 aliphatic rings. The highest BCUT2D eigenvalue weighted by atomic mass is 35.5. The predicted molar refractivity (Wildman–Crippen MR) is 73.3 cm³/mol. The lowest BCUT2D eigenvalue weighted by atomic mass is 10.2. The molecule has 100 valence electrons. The van der Waals surface area contributed by atoms with Gasteiger partial charge in [-0.3, -0.25) is 0 Å². The fourth-order valence-electron chi connectivity index (χ4n) is 1.67. The maximum absolute atomic E-state index is 6.20. The average Bonchev–Trinajstić information content (AvgIpc) is 3.18. The lowest BCUT2D eigenvalue weighted by Gasteiger charge is -2.09. The Balaban J connectivity index is 1.79. The number of hydrogen-bond donors (Lipinski definition) is 1. The van der Waals surface area contributed by atoms with Crippen LogP contribution in [0.1, 0.15) is 18.4 Å². The molecule has 0 aliphatic heterocycles. The quantitative estimate of drug-likeness (QED) is 0.736. The van der Waals surface area contributed by atoms with E-state index in [-0.39, 0.29) is 0 Å². The van der Waals surface area contributed by atoms with Crippen LogP contribution in [-0.2, 0) is 11.3 Å². The molecule has 4 heteroatoms. The minimum absolute atomic E-state index is 0.696. The molecule has 0 amide bonds. The van der Waals surface area contributed by atoms with E-state index in [9.17, 15) is 0 Å². The van der Waals surface area contributed by atoms with Crippen LogP contribution in [0.15, 0.2) is 18.2 Å². The Morgan fingerprint density at radius 2 is 2.22 bits per heavy atom. The van der Waals surface area contributed by atoms with Crippen molar-refractivity contribution in [1.82, 2.24) is 5.32 Å². The summed E-state index contributed by atoms with van der Waals surface area (Å²) >= 11 is 6.20. The van der Waals surface area contributed by atoms with Crippen LogP contribution >= 0.6 is 11.6 Å². The van der Waals surface area contributed by atoms with Gasteiger partial charge in [0.1, 0.15) is 5.75 Å². The van der Waals surface area contributed by atoms with Crippen molar-refractivity contribution in [3.05, 3.63) is 28.8 Å². The van der Waals surface area contributed by atoms with Crippen molar-refractivity contribution in [2.75, 3.05) is 26.9 Å². The zero-order chi connectivity index (χ0) is 12.8. The summed E-state index contributed by atoms with van der Waals surface area (Å²) in [6.45, 7) is 3.15. The van der Waals surface area contributed by atoms with Crippen molar-refractivity contribution >= 4 is 11.6 Å². The number of benzene rings is 1. The first kappa shape index (κ1) is 13.7. The van der Waals surface area contributed by atoms with E-state index in [1.807, 2.05) is 18.2 Å². The smallest absolute Gasteiger partial charge is 0.137 e. The molecule has 0 heterocycles. The van der Waals surface area contributed by atoms with E-state index in [1.54, 1.807) is 7.11 Å². The molecular weight excluding hydrogens is 250 g/mol. The first-order chi connectivity index (χ1) is 8.79. The van der Waals surface area contributed by atoms with Gasteiger partial charge in [-0.2, -0.15) is 0 Å². The van der Waals surface area contributed by atoms with E-state index in [0.717, 1.165) is 43.5 Å². The van der Waals surface area contributed by atoms with Crippen LogP contribution in [0, 0.1) is 5.92 Å². The van der Waals surface area contributed by atoms with Gasteiger partial charge in [0.2, 0.25) is 0 Å². The molecule has 0 atom stereocenters. The third-order valence-corrected chi connectivity index (χ3v) is 3.28. The van der Waals surface area contributed by atoms with Crippen LogP contribution in [0.3, 0.4) is 0 Å². The summed E-state index contributed by atoms with van der Waals surface area (Å²) in [5.74, 6) is 1.54. The standard InChI is InChI=1S/C14H20ClNO2/c1-17-7-6-16-9-12-4-5-14(13(15)8-12)18-10-11-2-3-11/h4-5,8,11,16H,2-3,6-7,9-10H2,1H3. The number of methoxy groups -OCH3 is 1. The molecular formula is C14H20ClNO2. The maximum atomic E-state index is 6.20. The van der Waals surface area contributed by atoms with Gasteiger partial charge < -0.3 is 14.8 Å². The van der Waals surface area contributed by atoms with Gasteiger partial charge in [-0.15, -0.1) is 0 Å². The summed E-state index contributed by atoms with van der Waals surface area (Å²) in [6, 6.07) is 5.97. The molecule has 0 saturated heterocycles. The van der Waals surface area contributed by atoms with Gasteiger partial charge in [0.25, 0.3) is 0 Å². The molecule has 1 aliphatic carbocycles. The van der Waals surface area contributed by atoms with Crippen LogP contribution < -0.4 is 10.1 Å². The molecule has 1 aromatic rings. The lowest BCUT2D eigenvalue weighted by Crippen LogP contribution is -2.18. The zero-order valence-electron chi connectivity index (χ0n) is 10.7. The van der Waals surface area contributed by atoms with Gasteiger partial charge in [0.15, 0.2) is 0 Å². The Bertz CT molecular complexity index is 380. The SMILES string of the molecule is COCCNCc1ccc(OCC2CC2)c(Cl)c1. The van der Waals surface area contributed by atoms with E-state index in [4.69, 9.17) is 21.1 Å². The van der Waals surface area contributed by atoms with Gasteiger partial charge >= 0.3 is 0 Å². The molecule has 0 radical (unpaired) electrons. The number of halogens is 1. The first-order valence-electron chi connectivity index (χ1n) is 6.40. The summed E-state index contributed by atoms with van der Waals surface area (Å²) < 4.78 is 10.7. The summed E-state index contributed by atoms with van der Waals surface area (Å²) in [5.41, 5.74) is 1.16. The van der Waals surface area contributed by atoms with Crippen molar-refractivity contribution in [3.8, 4) is 5.75 Å². The monoisotopic (exact) mass is 269 g/mol. The Morgan fingerprint density at radius 1 is 1.39 bits per heavy atom. The highest BCUT2D eigenvalue weighted by Gasteiger charge is 2.22. The second kappa shape index (κ2) is 6.98. The molecule has 2 rings (SSSR count). The highest BCUT2D eigenvalue weighted by Crippen LogP contribution is 2.32. The van der Waals surface area contributed by atoms with Gasteiger partial charge in [-0.05, 0) is 36.5 Å². The number of rotatable bonds is 8.